The van der Waals surface area contributed by atoms with Crippen LogP contribution < -0.4 is 10.1 Å². The summed E-state index contributed by atoms with van der Waals surface area (Å²) in [6.07, 6.45) is 2.79. The van der Waals surface area contributed by atoms with Crippen molar-refractivity contribution in [2.45, 2.75) is 13.0 Å². The molecule has 0 saturated heterocycles. The van der Waals surface area contributed by atoms with Crippen molar-refractivity contribution in [3.8, 4) is 5.75 Å². The van der Waals surface area contributed by atoms with Crippen molar-refractivity contribution in [2.75, 3.05) is 13.7 Å². The second kappa shape index (κ2) is 8.82. The van der Waals surface area contributed by atoms with Gasteiger partial charge in [-0.2, -0.15) is 0 Å². The summed E-state index contributed by atoms with van der Waals surface area (Å²) in [5.74, 6) is 0.666. The monoisotopic (exact) mass is 438 g/mol. The smallest absolute Gasteiger partial charge is 0.267 e. The van der Waals surface area contributed by atoms with E-state index in [0.717, 1.165) is 39.7 Å². The molecule has 0 radical (unpaired) electrons. The molecule has 0 atom stereocenters. The predicted octanol–water partition coefficient (Wildman–Crippen LogP) is 4.56. The first-order valence-electron chi connectivity index (χ1n) is 11.0. The van der Waals surface area contributed by atoms with Crippen LogP contribution in [0.2, 0.25) is 0 Å². The molecule has 3 aromatic heterocycles. The Labute approximate surface area is 192 Å². The molecule has 1 N–H and O–H groups in total. The van der Waals surface area contributed by atoms with E-state index >= 15 is 0 Å². The van der Waals surface area contributed by atoms with Gasteiger partial charge in [0, 0.05) is 48.2 Å². The van der Waals surface area contributed by atoms with Gasteiger partial charge in [-0.05, 0) is 48.5 Å². The third-order valence-electron chi connectivity index (χ3n) is 6.04. The van der Waals surface area contributed by atoms with E-state index in [4.69, 9.17) is 9.72 Å². The third-order valence-corrected chi connectivity index (χ3v) is 6.04. The maximum atomic E-state index is 13.2. The van der Waals surface area contributed by atoms with Crippen molar-refractivity contribution in [3.05, 3.63) is 96.1 Å². The van der Waals surface area contributed by atoms with Crippen molar-refractivity contribution >= 4 is 27.7 Å². The van der Waals surface area contributed by atoms with E-state index in [1.54, 1.807) is 7.11 Å². The van der Waals surface area contributed by atoms with Crippen LogP contribution in [0.3, 0.4) is 0 Å². The molecule has 3 heterocycles. The molecular formula is C27H26N4O2. The number of hydrogen-bond donors (Lipinski definition) is 1. The first kappa shape index (κ1) is 20.8. The van der Waals surface area contributed by atoms with Gasteiger partial charge < -0.3 is 19.2 Å². The summed E-state index contributed by atoms with van der Waals surface area (Å²) in [4.78, 5) is 18.0. The molecule has 5 aromatic rings. The zero-order chi connectivity index (χ0) is 22.8. The quantitative estimate of drug-likeness (QED) is 0.405. The van der Waals surface area contributed by atoms with E-state index < -0.39 is 0 Å². The second-order valence-electron chi connectivity index (χ2n) is 8.15. The van der Waals surface area contributed by atoms with E-state index in [1.807, 2.05) is 72.4 Å². The summed E-state index contributed by atoms with van der Waals surface area (Å²) >= 11 is 0. The number of aryl methyl sites for hydroxylation is 1. The fourth-order valence-corrected chi connectivity index (χ4v) is 4.24. The number of methoxy groups -OCH3 is 1. The molecule has 5 rings (SSSR count). The van der Waals surface area contributed by atoms with E-state index in [-0.39, 0.29) is 5.91 Å². The summed E-state index contributed by atoms with van der Waals surface area (Å²) in [5, 5.41) is 5.14. The lowest BCUT2D eigenvalue weighted by molar-refractivity contribution is 0.0945. The molecule has 0 aliphatic carbocycles. The standard InChI is InChI=1S/C27H26N4O2/c1-30-15-5-7-22(30)13-14-28-27(32)26-17-20-16-23(33-2)11-12-25(20)31(26)18-21-10-9-19-6-3-4-8-24(19)29-21/h3-12,15-17H,13-14,18H2,1-2H3,(H,28,32). The molecule has 0 unspecified atom stereocenters. The Kier molecular flexibility index (Phi) is 5.57. The number of rotatable bonds is 7. The number of benzene rings is 2. The molecule has 0 bridgehead atoms. The van der Waals surface area contributed by atoms with Crippen LogP contribution in [-0.4, -0.2) is 33.7 Å². The van der Waals surface area contributed by atoms with Gasteiger partial charge in [-0.3, -0.25) is 9.78 Å². The third kappa shape index (κ3) is 4.20. The zero-order valence-electron chi connectivity index (χ0n) is 18.8. The number of nitrogens with zero attached hydrogens (tertiary/aromatic N) is 3. The van der Waals surface area contributed by atoms with Gasteiger partial charge in [0.25, 0.3) is 5.91 Å². The Morgan fingerprint density at radius 1 is 1.00 bits per heavy atom. The van der Waals surface area contributed by atoms with E-state index in [9.17, 15) is 4.79 Å². The van der Waals surface area contributed by atoms with Crippen molar-refractivity contribution in [1.82, 2.24) is 19.4 Å². The molecule has 0 saturated carbocycles. The maximum absolute atomic E-state index is 13.2. The minimum absolute atomic E-state index is 0.0971. The predicted molar refractivity (Wildman–Crippen MR) is 131 cm³/mol. The van der Waals surface area contributed by atoms with Crippen molar-refractivity contribution in [2.24, 2.45) is 7.05 Å². The number of carbonyl (C=O) groups excluding carboxylic acids is 1. The molecule has 0 aliphatic heterocycles. The second-order valence-corrected chi connectivity index (χ2v) is 8.15. The summed E-state index contributed by atoms with van der Waals surface area (Å²) in [7, 11) is 3.66. The van der Waals surface area contributed by atoms with Crippen molar-refractivity contribution in [1.29, 1.82) is 0 Å². The average Bonchev–Trinajstić information content (AvgIpc) is 3.41. The van der Waals surface area contributed by atoms with Gasteiger partial charge in [-0.1, -0.05) is 24.3 Å². The number of pyridine rings is 1. The molecule has 0 fully saturated rings. The summed E-state index contributed by atoms with van der Waals surface area (Å²) in [5.41, 5.74) is 4.61. The Bertz CT molecular complexity index is 1450. The normalized spacial score (nSPS) is 11.2. The topological polar surface area (TPSA) is 61.1 Å². The summed E-state index contributed by atoms with van der Waals surface area (Å²) in [6, 6.07) is 24.0. The van der Waals surface area contributed by atoms with Crippen LogP contribution in [-0.2, 0) is 20.0 Å². The molecule has 1 amide bonds. The SMILES string of the molecule is COc1ccc2c(c1)cc(C(=O)NCCc1cccn1C)n2Cc1ccc2ccccc2n1. The highest BCUT2D eigenvalue weighted by atomic mass is 16.5. The number of hydrogen-bond acceptors (Lipinski definition) is 3. The number of aromatic nitrogens is 3. The van der Waals surface area contributed by atoms with E-state index in [2.05, 4.69) is 28.1 Å². The lowest BCUT2D eigenvalue weighted by Gasteiger charge is -2.12. The van der Waals surface area contributed by atoms with Gasteiger partial charge in [-0.15, -0.1) is 0 Å². The summed E-state index contributed by atoms with van der Waals surface area (Å²) in [6.45, 7) is 1.07. The Morgan fingerprint density at radius 3 is 2.70 bits per heavy atom. The highest BCUT2D eigenvalue weighted by Gasteiger charge is 2.17. The van der Waals surface area contributed by atoms with E-state index in [0.29, 0.717) is 18.8 Å². The van der Waals surface area contributed by atoms with Crippen LogP contribution in [0.25, 0.3) is 21.8 Å². The van der Waals surface area contributed by atoms with Gasteiger partial charge in [-0.25, -0.2) is 0 Å². The molecule has 2 aromatic carbocycles. The fraction of sp³-hybridized carbons (Fsp3) is 0.185. The number of carbonyl (C=O) groups is 1. The number of nitrogens with one attached hydrogen (secondary N) is 1. The minimum atomic E-state index is -0.0971. The fourth-order valence-electron chi connectivity index (χ4n) is 4.24. The largest absolute Gasteiger partial charge is 0.497 e. The van der Waals surface area contributed by atoms with Crippen LogP contribution in [0, 0.1) is 0 Å². The first-order valence-corrected chi connectivity index (χ1v) is 11.0. The molecule has 6 nitrogen and oxygen atoms in total. The van der Waals surface area contributed by atoms with Gasteiger partial charge in [0.2, 0.25) is 0 Å². The highest BCUT2D eigenvalue weighted by Crippen LogP contribution is 2.26. The Balaban J connectivity index is 1.46. The Morgan fingerprint density at radius 2 is 1.88 bits per heavy atom. The van der Waals surface area contributed by atoms with Gasteiger partial charge >= 0.3 is 0 Å². The molecule has 0 aliphatic rings. The Hall–Kier alpha value is -4.06. The van der Waals surface area contributed by atoms with E-state index in [1.165, 1.54) is 5.69 Å². The molecule has 0 spiro atoms. The van der Waals surface area contributed by atoms with Crippen LogP contribution in [0.1, 0.15) is 21.9 Å². The van der Waals surface area contributed by atoms with Crippen LogP contribution >= 0.6 is 0 Å². The van der Waals surface area contributed by atoms with Crippen LogP contribution in [0.4, 0.5) is 0 Å². The van der Waals surface area contributed by atoms with Crippen molar-refractivity contribution in [3.63, 3.8) is 0 Å². The molecule has 166 valence electrons. The van der Waals surface area contributed by atoms with Crippen molar-refractivity contribution < 1.29 is 9.53 Å². The molecule has 6 heteroatoms. The lowest BCUT2D eigenvalue weighted by Crippen LogP contribution is -2.28. The van der Waals surface area contributed by atoms with Crippen LogP contribution in [0.5, 0.6) is 5.75 Å². The molecule has 33 heavy (non-hydrogen) atoms. The van der Waals surface area contributed by atoms with Gasteiger partial charge in [0.15, 0.2) is 0 Å². The lowest BCUT2D eigenvalue weighted by atomic mass is 10.2. The van der Waals surface area contributed by atoms with Crippen LogP contribution in [0.15, 0.2) is 79.0 Å². The number of ether oxygens (including phenoxy) is 1. The first-order chi connectivity index (χ1) is 16.1. The van der Waals surface area contributed by atoms with Gasteiger partial charge in [0.1, 0.15) is 11.4 Å². The number of fused-ring (bicyclic) bond motifs is 2. The number of amides is 1. The zero-order valence-corrected chi connectivity index (χ0v) is 18.8. The highest BCUT2D eigenvalue weighted by molar-refractivity contribution is 5.99. The number of para-hydroxylation sites is 1. The maximum Gasteiger partial charge on any atom is 0.267 e. The average molecular weight is 439 g/mol. The summed E-state index contributed by atoms with van der Waals surface area (Å²) < 4.78 is 9.49. The molecular weight excluding hydrogens is 412 g/mol. The van der Waals surface area contributed by atoms with Gasteiger partial charge in [0.05, 0.1) is 24.9 Å². The minimum Gasteiger partial charge on any atom is -0.497 e.